The van der Waals surface area contributed by atoms with Crippen LogP contribution in [0.25, 0.3) is 44.5 Å². The lowest BCUT2D eigenvalue weighted by Crippen LogP contribution is -2.41. The molecule has 0 bridgehead atoms. The molecule has 284 valence electrons. The third-order valence-corrected chi connectivity index (χ3v) is 13.3. The second-order valence-electron chi connectivity index (χ2n) is 17.1. The van der Waals surface area contributed by atoms with Crippen molar-refractivity contribution in [2.24, 2.45) is 0 Å². The molecule has 1 spiro atoms. The van der Waals surface area contributed by atoms with Crippen molar-refractivity contribution in [3.05, 3.63) is 216 Å². The molecule has 0 radical (unpaired) electrons. The van der Waals surface area contributed by atoms with Gasteiger partial charge in [0.15, 0.2) is 0 Å². The Balaban J connectivity index is 1.11. The molecule has 3 nitrogen and oxygen atoms in total. The van der Waals surface area contributed by atoms with Gasteiger partial charge in [0.05, 0.1) is 22.3 Å². The van der Waals surface area contributed by atoms with E-state index in [0.717, 1.165) is 33.7 Å². The van der Waals surface area contributed by atoms with Crippen LogP contribution in [0.3, 0.4) is 0 Å². The topological polar surface area (TPSA) is 21.7 Å². The van der Waals surface area contributed by atoms with E-state index in [0.29, 0.717) is 0 Å². The van der Waals surface area contributed by atoms with Gasteiger partial charge in [-0.05, 0) is 125 Å². The van der Waals surface area contributed by atoms with Gasteiger partial charge in [-0.1, -0.05) is 164 Å². The molecule has 0 amide bonds. The summed E-state index contributed by atoms with van der Waals surface area (Å²) in [7, 11) is -0.437. The Morgan fingerprint density at radius 3 is 1.54 bits per heavy atom. The second-order valence-corrected chi connectivity index (χ2v) is 17.1. The molecule has 0 atom stereocenters. The molecule has 0 unspecified atom stereocenters. The third-order valence-electron chi connectivity index (χ3n) is 13.3. The summed E-state index contributed by atoms with van der Waals surface area (Å²) >= 11 is 0. The lowest BCUT2D eigenvalue weighted by molar-refractivity contribution is 0.00578. The van der Waals surface area contributed by atoms with Crippen molar-refractivity contribution in [2.75, 3.05) is 4.90 Å². The van der Waals surface area contributed by atoms with Gasteiger partial charge < -0.3 is 14.2 Å². The fourth-order valence-electron chi connectivity index (χ4n) is 9.84. The van der Waals surface area contributed by atoms with Gasteiger partial charge in [0.1, 0.15) is 0 Å². The van der Waals surface area contributed by atoms with Crippen LogP contribution in [0.4, 0.5) is 17.1 Å². The highest BCUT2D eigenvalue weighted by Crippen LogP contribution is 2.64. The third kappa shape index (κ3) is 5.37. The smallest absolute Gasteiger partial charge is 0.399 e. The van der Waals surface area contributed by atoms with Crippen molar-refractivity contribution in [3.8, 4) is 44.5 Å². The minimum Gasteiger partial charge on any atom is -0.399 e. The summed E-state index contributed by atoms with van der Waals surface area (Å²) in [5.74, 6) is 0. The first-order valence-corrected chi connectivity index (χ1v) is 20.7. The van der Waals surface area contributed by atoms with Crippen molar-refractivity contribution in [1.82, 2.24) is 0 Å². The quantitative estimate of drug-likeness (QED) is 0.158. The largest absolute Gasteiger partial charge is 0.494 e. The van der Waals surface area contributed by atoms with E-state index in [9.17, 15) is 0 Å². The molecule has 1 saturated heterocycles. The molecule has 1 fully saturated rings. The Morgan fingerprint density at radius 1 is 0.390 bits per heavy atom. The average Bonchev–Trinajstić information content (AvgIpc) is 3.83. The number of benzene rings is 8. The molecule has 1 heterocycles. The summed E-state index contributed by atoms with van der Waals surface area (Å²) in [6.07, 6.45) is 0. The van der Waals surface area contributed by atoms with E-state index in [-0.39, 0.29) is 0 Å². The molecule has 0 aromatic heterocycles. The zero-order valence-electron chi connectivity index (χ0n) is 33.8. The number of anilines is 3. The van der Waals surface area contributed by atoms with Gasteiger partial charge in [0.25, 0.3) is 0 Å². The van der Waals surface area contributed by atoms with E-state index in [4.69, 9.17) is 9.31 Å². The van der Waals surface area contributed by atoms with Gasteiger partial charge in [0, 0.05) is 16.9 Å². The van der Waals surface area contributed by atoms with E-state index >= 15 is 0 Å². The fourth-order valence-corrected chi connectivity index (χ4v) is 9.84. The number of hydrogen-bond acceptors (Lipinski definition) is 3. The molecule has 4 heteroatoms. The Bertz CT molecular complexity index is 2850. The van der Waals surface area contributed by atoms with Gasteiger partial charge >= 0.3 is 7.12 Å². The summed E-state index contributed by atoms with van der Waals surface area (Å²) < 4.78 is 13.0. The number of fused-ring (bicyclic) bond motifs is 10. The summed E-state index contributed by atoms with van der Waals surface area (Å²) in [4.78, 5) is 2.46. The Kier molecular flexibility index (Phi) is 8.04. The maximum absolute atomic E-state index is 6.48. The maximum Gasteiger partial charge on any atom is 0.494 e. The normalized spacial score (nSPS) is 16.0. The van der Waals surface area contributed by atoms with Crippen LogP contribution in [0.1, 0.15) is 49.9 Å². The highest BCUT2D eigenvalue weighted by Gasteiger charge is 2.53. The summed E-state index contributed by atoms with van der Waals surface area (Å²) in [6.45, 7) is 8.41. The van der Waals surface area contributed by atoms with Crippen LogP contribution in [0.5, 0.6) is 0 Å². The van der Waals surface area contributed by atoms with E-state index < -0.39 is 23.7 Å². The molecule has 8 aromatic rings. The van der Waals surface area contributed by atoms with Crippen LogP contribution >= 0.6 is 0 Å². The molecule has 59 heavy (non-hydrogen) atoms. The van der Waals surface area contributed by atoms with Crippen LogP contribution in [-0.4, -0.2) is 18.3 Å². The minimum atomic E-state index is -0.437. The SMILES string of the molecule is CC1(C)OB(c2cccc(-c3cccc(N(c4ccc(-c5ccccc5)cc4)c4cccc5c4-c4ccccc4C54c5ccccc5-c5ccccc54)c3)c2)OC1(C)C. The predicted octanol–water partition coefficient (Wildman–Crippen LogP) is 13.1. The predicted molar refractivity (Wildman–Crippen MR) is 244 cm³/mol. The van der Waals surface area contributed by atoms with Crippen LogP contribution in [0.2, 0.25) is 0 Å². The summed E-state index contributed by atoms with van der Waals surface area (Å²) in [5, 5.41) is 0. The summed E-state index contributed by atoms with van der Waals surface area (Å²) in [6, 6.07) is 71.2. The highest BCUT2D eigenvalue weighted by molar-refractivity contribution is 6.62. The minimum absolute atomic E-state index is 0.417. The van der Waals surface area contributed by atoms with Gasteiger partial charge in [-0.25, -0.2) is 0 Å². The van der Waals surface area contributed by atoms with Crippen LogP contribution in [-0.2, 0) is 14.7 Å². The molecule has 11 rings (SSSR count). The van der Waals surface area contributed by atoms with Gasteiger partial charge in [-0.2, -0.15) is 0 Å². The van der Waals surface area contributed by atoms with Crippen LogP contribution < -0.4 is 10.4 Å². The lowest BCUT2D eigenvalue weighted by Gasteiger charge is -2.32. The van der Waals surface area contributed by atoms with Crippen molar-refractivity contribution in [3.63, 3.8) is 0 Å². The molecular weight excluding hydrogens is 717 g/mol. The first-order chi connectivity index (χ1) is 28.7. The lowest BCUT2D eigenvalue weighted by atomic mass is 9.70. The molecule has 2 aliphatic carbocycles. The Hall–Kier alpha value is -6.46. The number of rotatable bonds is 6. The fraction of sp³-hybridized carbons (Fsp3) is 0.127. The first-order valence-electron chi connectivity index (χ1n) is 20.7. The highest BCUT2D eigenvalue weighted by atomic mass is 16.7. The maximum atomic E-state index is 6.48. The van der Waals surface area contributed by atoms with Gasteiger partial charge in [-0.15, -0.1) is 0 Å². The van der Waals surface area contributed by atoms with E-state index in [1.54, 1.807) is 0 Å². The number of nitrogens with zero attached hydrogens (tertiary/aromatic N) is 1. The Morgan fingerprint density at radius 2 is 0.881 bits per heavy atom. The van der Waals surface area contributed by atoms with E-state index in [1.807, 2.05) is 0 Å². The van der Waals surface area contributed by atoms with Crippen molar-refractivity contribution in [1.29, 1.82) is 0 Å². The van der Waals surface area contributed by atoms with E-state index in [1.165, 1.54) is 55.6 Å². The molecule has 0 saturated carbocycles. The molecular formula is C55H44BNO2. The zero-order valence-corrected chi connectivity index (χ0v) is 33.8. The molecule has 0 N–H and O–H groups in total. The monoisotopic (exact) mass is 761 g/mol. The van der Waals surface area contributed by atoms with Crippen LogP contribution in [0.15, 0.2) is 194 Å². The average molecular weight is 762 g/mol. The van der Waals surface area contributed by atoms with Crippen molar-refractivity contribution in [2.45, 2.75) is 44.3 Å². The summed E-state index contributed by atoms with van der Waals surface area (Å²) in [5.41, 5.74) is 18.1. The van der Waals surface area contributed by atoms with Gasteiger partial charge in [0.2, 0.25) is 0 Å². The van der Waals surface area contributed by atoms with Crippen molar-refractivity contribution < 1.29 is 9.31 Å². The van der Waals surface area contributed by atoms with Crippen LogP contribution in [0, 0.1) is 0 Å². The van der Waals surface area contributed by atoms with E-state index in [2.05, 4.69) is 227 Å². The second kappa shape index (κ2) is 13.3. The molecule has 1 aliphatic heterocycles. The zero-order chi connectivity index (χ0) is 39.9. The number of hydrogen-bond donors (Lipinski definition) is 0. The van der Waals surface area contributed by atoms with Crippen molar-refractivity contribution >= 4 is 29.6 Å². The standard InChI is InChI=1S/C55H44BNO2/c1-53(2)54(3,4)59-56(58-53)41-21-14-19-39(35-41)40-20-15-22-43(36-40)57(42-33-31-38(32-34-42)37-17-6-5-7-18-37)51-30-16-29-50-52(51)46-25-10-13-28-49(46)55(50)47-26-11-8-23-44(47)45-24-9-12-27-48(45)55/h5-36H,1-4H3. The molecule has 8 aromatic carbocycles. The molecule has 3 aliphatic rings. The Labute approximate surface area is 347 Å². The first kappa shape index (κ1) is 35.7. The van der Waals surface area contributed by atoms with Gasteiger partial charge in [-0.3, -0.25) is 0 Å².